The van der Waals surface area contributed by atoms with Crippen LogP contribution in [0.3, 0.4) is 0 Å². The summed E-state index contributed by atoms with van der Waals surface area (Å²) in [5, 5.41) is 14.8. The molecule has 7 heteroatoms. The minimum absolute atomic E-state index is 0.905. The van der Waals surface area contributed by atoms with Gasteiger partial charge in [-0.05, 0) is 49.2 Å². The number of carbonyl (C=O) groups is 2. The molecule has 2 rings (SSSR count). The van der Waals surface area contributed by atoms with Crippen molar-refractivity contribution < 1.29 is 24.5 Å². The summed E-state index contributed by atoms with van der Waals surface area (Å²) in [5.41, 5.74) is 2.36. The Morgan fingerprint density at radius 3 is 2.17 bits per heavy atom. The van der Waals surface area contributed by atoms with Crippen molar-refractivity contribution in [2.24, 2.45) is 0 Å². The number of carboxylic acids is 2. The standard InChI is InChI=1S/C15H17NOS.C2H2O4/c1-12-3-4-13(11-16-12)9-10-18-15-7-5-14(17-2)6-8-15;3-1(4)2(5)6/h3-8,11H,9-10H2,1-2H3;(H,3,4)(H,5,6). The Kier molecular flexibility index (Phi) is 8.35. The Balaban J connectivity index is 0.000000413. The van der Waals surface area contributed by atoms with Crippen LogP contribution in [0, 0.1) is 6.92 Å². The summed E-state index contributed by atoms with van der Waals surface area (Å²) in [7, 11) is 1.69. The second-order valence-corrected chi connectivity index (χ2v) is 5.86. The number of benzene rings is 1. The molecule has 0 bridgehead atoms. The topological polar surface area (TPSA) is 96.7 Å². The molecule has 128 valence electrons. The summed E-state index contributed by atoms with van der Waals surface area (Å²) < 4.78 is 5.14. The van der Waals surface area contributed by atoms with Crippen LogP contribution in [0.15, 0.2) is 47.5 Å². The van der Waals surface area contributed by atoms with E-state index < -0.39 is 11.9 Å². The minimum atomic E-state index is -1.82. The number of hydrogen-bond acceptors (Lipinski definition) is 5. The molecule has 1 aromatic heterocycles. The highest BCUT2D eigenvalue weighted by atomic mass is 32.2. The van der Waals surface area contributed by atoms with Crippen molar-refractivity contribution in [2.75, 3.05) is 12.9 Å². The molecule has 1 aromatic carbocycles. The van der Waals surface area contributed by atoms with Crippen LogP contribution in [0.1, 0.15) is 11.3 Å². The summed E-state index contributed by atoms with van der Waals surface area (Å²) >= 11 is 1.86. The van der Waals surface area contributed by atoms with E-state index in [1.54, 1.807) is 7.11 Å². The van der Waals surface area contributed by atoms with Gasteiger partial charge in [0.2, 0.25) is 0 Å². The Morgan fingerprint density at radius 2 is 1.71 bits per heavy atom. The summed E-state index contributed by atoms with van der Waals surface area (Å²) in [6.45, 7) is 2.01. The smallest absolute Gasteiger partial charge is 0.414 e. The lowest BCUT2D eigenvalue weighted by Gasteiger charge is -2.04. The molecular weight excluding hydrogens is 330 g/mol. The van der Waals surface area contributed by atoms with E-state index in [1.165, 1.54) is 10.5 Å². The van der Waals surface area contributed by atoms with Gasteiger partial charge in [0.05, 0.1) is 7.11 Å². The van der Waals surface area contributed by atoms with Gasteiger partial charge in [-0.3, -0.25) is 4.98 Å². The monoisotopic (exact) mass is 349 g/mol. The molecule has 6 nitrogen and oxygen atoms in total. The number of hydrogen-bond donors (Lipinski definition) is 2. The SMILES string of the molecule is COc1ccc(SCCc2ccc(C)nc2)cc1.O=C(O)C(=O)O. The van der Waals surface area contributed by atoms with Crippen molar-refractivity contribution in [3.8, 4) is 5.75 Å². The second kappa shape index (κ2) is 10.3. The fraction of sp³-hybridized carbons (Fsp3) is 0.235. The maximum Gasteiger partial charge on any atom is 0.414 e. The van der Waals surface area contributed by atoms with Crippen molar-refractivity contribution in [3.63, 3.8) is 0 Å². The van der Waals surface area contributed by atoms with Gasteiger partial charge in [-0.1, -0.05) is 6.07 Å². The predicted octanol–water partition coefficient (Wildman–Crippen LogP) is 2.89. The lowest BCUT2D eigenvalue weighted by atomic mass is 10.2. The largest absolute Gasteiger partial charge is 0.497 e. The molecule has 1 heterocycles. The lowest BCUT2D eigenvalue weighted by molar-refractivity contribution is -0.159. The molecule has 0 aliphatic heterocycles. The zero-order valence-electron chi connectivity index (χ0n) is 13.4. The van der Waals surface area contributed by atoms with Crippen molar-refractivity contribution >= 4 is 23.7 Å². The summed E-state index contributed by atoms with van der Waals surface area (Å²) in [5.74, 6) is -1.68. The Hall–Kier alpha value is -2.54. The van der Waals surface area contributed by atoms with Gasteiger partial charge in [-0.15, -0.1) is 11.8 Å². The van der Waals surface area contributed by atoms with Crippen molar-refractivity contribution in [2.45, 2.75) is 18.2 Å². The number of aromatic nitrogens is 1. The van der Waals surface area contributed by atoms with E-state index in [4.69, 9.17) is 24.5 Å². The number of ether oxygens (including phenoxy) is 1. The molecule has 0 saturated carbocycles. The Morgan fingerprint density at radius 1 is 1.08 bits per heavy atom. The number of aliphatic carboxylic acids is 2. The first-order valence-corrected chi connectivity index (χ1v) is 8.05. The molecule has 0 aliphatic carbocycles. The normalized spacial score (nSPS) is 9.58. The van der Waals surface area contributed by atoms with Crippen molar-refractivity contribution in [1.29, 1.82) is 0 Å². The molecule has 2 aromatic rings. The first-order chi connectivity index (χ1) is 11.4. The molecule has 0 radical (unpaired) electrons. The van der Waals surface area contributed by atoms with E-state index in [-0.39, 0.29) is 0 Å². The molecule has 0 spiro atoms. The van der Waals surface area contributed by atoms with E-state index in [1.807, 2.05) is 37.0 Å². The van der Waals surface area contributed by atoms with Gasteiger partial charge in [0.25, 0.3) is 0 Å². The number of pyridine rings is 1. The number of methoxy groups -OCH3 is 1. The highest BCUT2D eigenvalue weighted by Crippen LogP contribution is 2.22. The van der Waals surface area contributed by atoms with Gasteiger partial charge < -0.3 is 14.9 Å². The fourth-order valence-electron chi connectivity index (χ4n) is 1.61. The van der Waals surface area contributed by atoms with E-state index in [0.717, 1.165) is 23.6 Å². The number of thioether (sulfide) groups is 1. The van der Waals surface area contributed by atoms with Crippen LogP contribution >= 0.6 is 11.8 Å². The van der Waals surface area contributed by atoms with Crippen LogP contribution in [-0.2, 0) is 16.0 Å². The van der Waals surface area contributed by atoms with E-state index in [0.29, 0.717) is 0 Å². The number of aryl methyl sites for hydroxylation is 2. The molecule has 0 aliphatic rings. The summed E-state index contributed by atoms with van der Waals surface area (Å²) in [6.07, 6.45) is 3.01. The highest BCUT2D eigenvalue weighted by Gasteiger charge is 2.04. The fourth-order valence-corrected chi connectivity index (χ4v) is 2.51. The molecular formula is C17H19NO5S. The van der Waals surface area contributed by atoms with Crippen LogP contribution in [0.5, 0.6) is 5.75 Å². The molecule has 0 saturated heterocycles. The van der Waals surface area contributed by atoms with Gasteiger partial charge >= 0.3 is 11.9 Å². The number of rotatable bonds is 5. The summed E-state index contributed by atoms with van der Waals surface area (Å²) in [6, 6.07) is 12.4. The van der Waals surface area contributed by atoms with Gasteiger partial charge in [-0.25, -0.2) is 9.59 Å². The van der Waals surface area contributed by atoms with E-state index in [9.17, 15) is 0 Å². The number of carboxylic acid groups (broad SMARTS) is 2. The van der Waals surface area contributed by atoms with E-state index >= 15 is 0 Å². The van der Waals surface area contributed by atoms with Crippen molar-refractivity contribution in [1.82, 2.24) is 4.98 Å². The lowest BCUT2D eigenvalue weighted by Crippen LogP contribution is -2.09. The molecule has 24 heavy (non-hydrogen) atoms. The highest BCUT2D eigenvalue weighted by molar-refractivity contribution is 7.99. The third kappa shape index (κ3) is 7.64. The zero-order valence-corrected chi connectivity index (χ0v) is 14.2. The van der Waals surface area contributed by atoms with Crippen LogP contribution < -0.4 is 4.74 Å². The van der Waals surface area contributed by atoms with Crippen molar-refractivity contribution in [3.05, 3.63) is 53.9 Å². The van der Waals surface area contributed by atoms with Crippen LogP contribution in [0.25, 0.3) is 0 Å². The Bertz CT molecular complexity index is 644. The minimum Gasteiger partial charge on any atom is -0.497 e. The molecule has 0 unspecified atom stereocenters. The molecule has 2 N–H and O–H groups in total. The Labute approximate surface area is 144 Å². The number of nitrogens with zero attached hydrogens (tertiary/aromatic N) is 1. The average molecular weight is 349 g/mol. The summed E-state index contributed by atoms with van der Waals surface area (Å²) in [4.78, 5) is 23.8. The second-order valence-electron chi connectivity index (χ2n) is 4.69. The van der Waals surface area contributed by atoms with Gasteiger partial charge in [-0.2, -0.15) is 0 Å². The van der Waals surface area contributed by atoms with Gasteiger partial charge in [0, 0.05) is 22.5 Å². The molecule has 0 fully saturated rings. The van der Waals surface area contributed by atoms with E-state index in [2.05, 4.69) is 29.2 Å². The van der Waals surface area contributed by atoms with Crippen LogP contribution in [0.4, 0.5) is 0 Å². The first-order valence-electron chi connectivity index (χ1n) is 7.07. The van der Waals surface area contributed by atoms with Crippen LogP contribution in [-0.4, -0.2) is 40.0 Å². The quantitative estimate of drug-likeness (QED) is 0.633. The van der Waals surface area contributed by atoms with Gasteiger partial charge in [0.15, 0.2) is 0 Å². The third-order valence-electron chi connectivity index (χ3n) is 2.87. The van der Waals surface area contributed by atoms with Gasteiger partial charge in [0.1, 0.15) is 5.75 Å². The third-order valence-corrected chi connectivity index (χ3v) is 3.89. The predicted molar refractivity (Wildman–Crippen MR) is 91.7 cm³/mol. The first kappa shape index (κ1) is 19.5. The van der Waals surface area contributed by atoms with Crippen LogP contribution in [0.2, 0.25) is 0 Å². The maximum atomic E-state index is 9.10. The average Bonchev–Trinajstić information content (AvgIpc) is 2.58. The maximum absolute atomic E-state index is 9.10. The zero-order chi connectivity index (χ0) is 17.9. The molecule has 0 atom stereocenters. The molecule has 0 amide bonds.